The fraction of sp³-hybridized carbons (Fsp3) is 0.250. The molecule has 32 valence electrons. The lowest BCUT2D eigenvalue weighted by atomic mass is 10.3. The van der Waals surface area contributed by atoms with E-state index in [9.17, 15) is 4.79 Å². The largest absolute Gasteiger partial charge is 0.430 e. The van der Waals surface area contributed by atoms with Gasteiger partial charge in [0.25, 0.3) is 0 Å². The second-order valence-corrected chi connectivity index (χ2v) is 1.21. The van der Waals surface area contributed by atoms with Crippen molar-refractivity contribution < 1.29 is 9.53 Å². The molecule has 0 amide bonds. The molecule has 0 aromatic heterocycles. The smallest absolute Gasteiger partial charge is 0.341 e. The molecule has 0 fully saturated rings. The van der Waals surface area contributed by atoms with Crippen LogP contribution in [-0.4, -0.2) is 5.97 Å². The van der Waals surface area contributed by atoms with Crippen LogP contribution in [0.4, 0.5) is 0 Å². The molecule has 0 N–H and O–H groups in total. The van der Waals surface area contributed by atoms with E-state index in [4.69, 9.17) is 0 Å². The number of cyclic esters (lactones) is 1. The molecule has 0 saturated heterocycles. The number of esters is 1. The maximum atomic E-state index is 9.94. The molecule has 1 aliphatic rings. The third-order valence-corrected chi connectivity index (χ3v) is 0.665. The van der Waals surface area contributed by atoms with Crippen LogP contribution in [0.2, 0.25) is 0 Å². The molecule has 1 aliphatic heterocycles. The van der Waals surface area contributed by atoms with Crippen molar-refractivity contribution in [2.24, 2.45) is 0 Å². The normalized spacial score (nSPS) is 18.2. The van der Waals surface area contributed by atoms with Crippen LogP contribution >= 0.6 is 0 Å². The number of hydrogen-bond donors (Lipinski definition) is 0. The minimum Gasteiger partial charge on any atom is -0.430 e. The van der Waals surface area contributed by atoms with Crippen LogP contribution < -0.4 is 0 Å². The molecular formula is C4H4O2. The minimum absolute atomic E-state index is 0.199. The summed E-state index contributed by atoms with van der Waals surface area (Å²) in [6, 6.07) is 0. The third kappa shape index (κ3) is 0.233. The third-order valence-electron chi connectivity index (χ3n) is 0.665. The molecule has 0 aliphatic carbocycles. The zero-order valence-corrected chi connectivity index (χ0v) is 3.39. The molecular weight excluding hydrogens is 80.0 g/mol. The van der Waals surface area contributed by atoms with E-state index in [1.165, 1.54) is 6.26 Å². The maximum absolute atomic E-state index is 9.94. The van der Waals surface area contributed by atoms with Gasteiger partial charge in [0, 0.05) is 0 Å². The Morgan fingerprint density at radius 2 is 2.33 bits per heavy atom. The molecule has 0 saturated carbocycles. The van der Waals surface area contributed by atoms with Gasteiger partial charge in [-0.3, -0.25) is 0 Å². The van der Waals surface area contributed by atoms with Gasteiger partial charge in [-0.2, -0.15) is 0 Å². The van der Waals surface area contributed by atoms with Crippen LogP contribution in [0, 0.1) is 0 Å². The van der Waals surface area contributed by atoms with E-state index >= 15 is 0 Å². The quantitative estimate of drug-likeness (QED) is 0.398. The average molecular weight is 84.1 g/mol. The monoisotopic (exact) mass is 84.0 g/mol. The second-order valence-electron chi connectivity index (χ2n) is 1.21. The molecule has 1 heterocycles. The van der Waals surface area contributed by atoms with E-state index in [1.807, 2.05) is 0 Å². The predicted molar refractivity (Wildman–Crippen MR) is 19.8 cm³/mol. The molecule has 0 unspecified atom stereocenters. The van der Waals surface area contributed by atoms with Gasteiger partial charge in [-0.15, -0.1) is 0 Å². The van der Waals surface area contributed by atoms with Crippen LogP contribution in [0.5, 0.6) is 0 Å². The highest BCUT2D eigenvalue weighted by Gasteiger charge is 2.12. The molecule has 0 atom stereocenters. The minimum atomic E-state index is -0.199. The van der Waals surface area contributed by atoms with Gasteiger partial charge in [0.05, 0.1) is 5.57 Å². The van der Waals surface area contributed by atoms with Crippen LogP contribution in [0.1, 0.15) is 6.92 Å². The maximum Gasteiger partial charge on any atom is 0.341 e. The fourth-order valence-corrected chi connectivity index (χ4v) is 0.225. The van der Waals surface area contributed by atoms with Gasteiger partial charge in [-0.05, 0) is 6.92 Å². The zero-order valence-electron chi connectivity index (χ0n) is 3.39. The summed E-state index contributed by atoms with van der Waals surface area (Å²) in [7, 11) is 0. The Morgan fingerprint density at radius 3 is 2.33 bits per heavy atom. The van der Waals surface area contributed by atoms with Gasteiger partial charge in [0.1, 0.15) is 6.26 Å². The summed E-state index contributed by atoms with van der Waals surface area (Å²) in [4.78, 5) is 9.94. The first-order chi connectivity index (χ1) is 2.80. The highest BCUT2D eigenvalue weighted by molar-refractivity contribution is 5.92. The van der Waals surface area contributed by atoms with Crippen LogP contribution in [0.15, 0.2) is 11.8 Å². The summed E-state index contributed by atoms with van der Waals surface area (Å²) >= 11 is 0. The van der Waals surface area contributed by atoms with Gasteiger partial charge in [0.2, 0.25) is 0 Å². The van der Waals surface area contributed by atoms with E-state index in [2.05, 4.69) is 4.74 Å². The van der Waals surface area contributed by atoms with Crippen molar-refractivity contribution in [3.05, 3.63) is 11.8 Å². The highest BCUT2D eigenvalue weighted by Crippen LogP contribution is 2.06. The van der Waals surface area contributed by atoms with E-state index < -0.39 is 0 Å². The molecule has 0 aromatic carbocycles. The first kappa shape index (κ1) is 3.40. The van der Waals surface area contributed by atoms with Crippen molar-refractivity contribution in [3.8, 4) is 0 Å². The van der Waals surface area contributed by atoms with Crippen LogP contribution in [-0.2, 0) is 9.53 Å². The highest BCUT2D eigenvalue weighted by atomic mass is 16.5. The standard InChI is InChI=1S/C4H4O2/c1-3-2-6-4(3)5/h2H,1H3. The van der Waals surface area contributed by atoms with Gasteiger partial charge in [-0.1, -0.05) is 0 Å². The van der Waals surface area contributed by atoms with Crippen molar-refractivity contribution in [1.29, 1.82) is 0 Å². The van der Waals surface area contributed by atoms with Crippen molar-refractivity contribution >= 4 is 5.97 Å². The molecule has 2 nitrogen and oxygen atoms in total. The Kier molecular flexibility index (Phi) is 0.473. The predicted octanol–water partition coefficient (Wildman–Crippen LogP) is 0.447. The lowest BCUT2D eigenvalue weighted by Gasteiger charge is -2.05. The van der Waals surface area contributed by atoms with Gasteiger partial charge < -0.3 is 4.74 Å². The molecule has 0 aromatic rings. The Hall–Kier alpha value is -0.790. The lowest BCUT2D eigenvalue weighted by Crippen LogP contribution is -2.10. The van der Waals surface area contributed by atoms with Crippen molar-refractivity contribution in [1.82, 2.24) is 0 Å². The number of ether oxygens (including phenoxy) is 1. The number of carbonyl (C=O) groups is 1. The molecule has 0 radical (unpaired) electrons. The Balaban J connectivity index is 2.75. The summed E-state index contributed by atoms with van der Waals surface area (Å²) in [6.45, 7) is 1.71. The molecule has 1 rings (SSSR count). The van der Waals surface area contributed by atoms with Gasteiger partial charge in [0.15, 0.2) is 0 Å². The van der Waals surface area contributed by atoms with E-state index in [1.54, 1.807) is 6.92 Å². The Morgan fingerprint density at radius 1 is 1.83 bits per heavy atom. The van der Waals surface area contributed by atoms with Gasteiger partial charge in [-0.25, -0.2) is 4.79 Å². The summed E-state index contributed by atoms with van der Waals surface area (Å²) in [5, 5.41) is 0. The topological polar surface area (TPSA) is 26.3 Å². The van der Waals surface area contributed by atoms with E-state index in [0.29, 0.717) is 5.57 Å². The Labute approximate surface area is 35.4 Å². The molecule has 0 bridgehead atoms. The number of rotatable bonds is 0. The lowest BCUT2D eigenvalue weighted by molar-refractivity contribution is -0.138. The van der Waals surface area contributed by atoms with Gasteiger partial charge >= 0.3 is 5.97 Å². The second kappa shape index (κ2) is 0.834. The van der Waals surface area contributed by atoms with E-state index in [-0.39, 0.29) is 5.97 Å². The van der Waals surface area contributed by atoms with Crippen molar-refractivity contribution in [2.45, 2.75) is 6.92 Å². The van der Waals surface area contributed by atoms with Crippen molar-refractivity contribution in [2.75, 3.05) is 0 Å². The first-order valence-corrected chi connectivity index (χ1v) is 1.68. The SMILES string of the molecule is CC1=COC1=O. The van der Waals surface area contributed by atoms with Crippen molar-refractivity contribution in [3.63, 3.8) is 0 Å². The summed E-state index contributed by atoms with van der Waals surface area (Å²) in [6.07, 6.45) is 1.43. The van der Waals surface area contributed by atoms with Crippen LogP contribution in [0.3, 0.4) is 0 Å². The number of carbonyl (C=O) groups excluding carboxylic acids is 1. The zero-order chi connectivity index (χ0) is 4.57. The first-order valence-electron chi connectivity index (χ1n) is 1.68. The molecule has 2 heteroatoms. The summed E-state index contributed by atoms with van der Waals surface area (Å²) < 4.78 is 4.24. The molecule has 0 spiro atoms. The number of hydrogen-bond acceptors (Lipinski definition) is 2. The van der Waals surface area contributed by atoms with Crippen LogP contribution in [0.25, 0.3) is 0 Å². The summed E-state index contributed by atoms with van der Waals surface area (Å²) in [5.41, 5.74) is 0.704. The summed E-state index contributed by atoms with van der Waals surface area (Å²) in [5.74, 6) is -0.199. The molecule has 6 heavy (non-hydrogen) atoms. The van der Waals surface area contributed by atoms with E-state index in [0.717, 1.165) is 0 Å². The Bertz CT molecular complexity index is 113. The fourth-order valence-electron chi connectivity index (χ4n) is 0.225. The average Bonchev–Trinajstić information content (AvgIpc) is 1.61.